The van der Waals surface area contributed by atoms with Gasteiger partial charge in [-0.1, -0.05) is 34.5 Å². The smallest absolute Gasteiger partial charge is 0.326 e. The summed E-state index contributed by atoms with van der Waals surface area (Å²) in [6, 6.07) is 8.73. The van der Waals surface area contributed by atoms with Gasteiger partial charge in [-0.15, -0.1) is 0 Å². The maximum Gasteiger partial charge on any atom is 0.326 e. The lowest BCUT2D eigenvalue weighted by Crippen LogP contribution is -2.24. The summed E-state index contributed by atoms with van der Waals surface area (Å²) in [5, 5.41) is 0.705. The first-order valence-electron chi connectivity index (χ1n) is 8.47. The number of ether oxygens (including phenoxy) is 2. The third-order valence-corrected chi connectivity index (χ3v) is 5.27. The fraction of sp³-hybridized carbons (Fsp3) is 0.211. The molecule has 0 aliphatic carbocycles. The first-order valence-corrected chi connectivity index (χ1v) is 10.0. The van der Waals surface area contributed by atoms with E-state index in [1.807, 2.05) is 0 Å². The van der Waals surface area contributed by atoms with E-state index in [1.54, 1.807) is 19.1 Å². The molecule has 29 heavy (non-hydrogen) atoms. The predicted molar refractivity (Wildman–Crippen MR) is 109 cm³/mol. The van der Waals surface area contributed by atoms with Gasteiger partial charge in [0.05, 0.1) is 21.8 Å². The van der Waals surface area contributed by atoms with E-state index in [-0.39, 0.29) is 35.3 Å². The molecule has 3 aromatic rings. The second-order valence-electron chi connectivity index (χ2n) is 5.76. The second kappa shape index (κ2) is 9.39. The molecule has 0 bridgehead atoms. The van der Waals surface area contributed by atoms with E-state index < -0.39 is 17.7 Å². The first-order chi connectivity index (χ1) is 13.9. The molecule has 0 unspecified atom stereocenters. The van der Waals surface area contributed by atoms with Crippen LogP contribution in [0.5, 0.6) is 5.75 Å². The van der Waals surface area contributed by atoms with Gasteiger partial charge in [0.25, 0.3) is 5.91 Å². The minimum absolute atomic E-state index is 0.157. The van der Waals surface area contributed by atoms with Crippen LogP contribution in [0.3, 0.4) is 0 Å². The molecule has 0 radical (unpaired) electrons. The van der Waals surface area contributed by atoms with E-state index >= 15 is 0 Å². The van der Waals surface area contributed by atoms with Crippen LogP contribution in [0.1, 0.15) is 6.92 Å². The molecule has 0 N–H and O–H groups in total. The molecular formula is C19H15Cl2FN2O4S. The van der Waals surface area contributed by atoms with Gasteiger partial charge < -0.3 is 14.0 Å². The van der Waals surface area contributed by atoms with Crippen LogP contribution in [0, 0.1) is 5.82 Å². The van der Waals surface area contributed by atoms with E-state index in [0.29, 0.717) is 15.2 Å². The van der Waals surface area contributed by atoms with E-state index in [4.69, 9.17) is 32.7 Å². The van der Waals surface area contributed by atoms with Crippen molar-refractivity contribution < 1.29 is 23.5 Å². The third kappa shape index (κ3) is 5.35. The molecule has 0 fully saturated rings. The minimum Gasteiger partial charge on any atom is -0.482 e. The van der Waals surface area contributed by atoms with Crippen LogP contribution in [-0.4, -0.2) is 29.7 Å². The maximum atomic E-state index is 13.6. The summed E-state index contributed by atoms with van der Waals surface area (Å²) in [4.78, 5) is 28.5. The Morgan fingerprint density at radius 2 is 2.00 bits per heavy atom. The number of thiazole rings is 1. The van der Waals surface area contributed by atoms with Crippen molar-refractivity contribution >= 4 is 56.6 Å². The highest BCUT2D eigenvalue weighted by molar-refractivity contribution is 7.16. The minimum atomic E-state index is -0.597. The van der Waals surface area contributed by atoms with Gasteiger partial charge in [-0.3, -0.25) is 9.59 Å². The van der Waals surface area contributed by atoms with Crippen molar-refractivity contribution in [3.63, 3.8) is 0 Å². The number of hydrogen-bond acceptors (Lipinski definition) is 5. The number of nitrogens with zero attached hydrogens (tertiary/aromatic N) is 2. The lowest BCUT2D eigenvalue weighted by atomic mass is 10.3. The highest BCUT2D eigenvalue weighted by Gasteiger charge is 2.13. The molecule has 0 atom stereocenters. The molecule has 0 saturated heterocycles. The van der Waals surface area contributed by atoms with Crippen molar-refractivity contribution in [1.82, 2.24) is 4.57 Å². The summed E-state index contributed by atoms with van der Waals surface area (Å²) in [7, 11) is 0. The number of carbonyl (C=O) groups excluding carboxylic acids is 2. The average Bonchev–Trinajstić information content (AvgIpc) is 2.97. The summed E-state index contributed by atoms with van der Waals surface area (Å²) in [6.45, 7) is 1.38. The molecule has 1 heterocycles. The number of esters is 1. The molecule has 10 heteroatoms. The van der Waals surface area contributed by atoms with Crippen LogP contribution in [0.25, 0.3) is 10.2 Å². The summed E-state index contributed by atoms with van der Waals surface area (Å²) < 4.78 is 26.0. The van der Waals surface area contributed by atoms with E-state index in [0.717, 1.165) is 11.3 Å². The molecule has 0 spiro atoms. The zero-order valence-electron chi connectivity index (χ0n) is 15.2. The fourth-order valence-corrected chi connectivity index (χ4v) is 4.03. The van der Waals surface area contributed by atoms with Crippen LogP contribution in [0.15, 0.2) is 41.4 Å². The number of carbonyl (C=O) groups is 2. The van der Waals surface area contributed by atoms with Crippen molar-refractivity contribution in [2.24, 2.45) is 4.99 Å². The Labute approximate surface area is 179 Å². The number of fused-ring (bicyclic) bond motifs is 1. The summed E-state index contributed by atoms with van der Waals surface area (Å²) in [6.07, 6.45) is 0. The van der Waals surface area contributed by atoms with Crippen molar-refractivity contribution in [1.29, 1.82) is 0 Å². The Kier molecular flexibility index (Phi) is 6.89. The van der Waals surface area contributed by atoms with Gasteiger partial charge in [0.15, 0.2) is 11.4 Å². The molecule has 1 amide bonds. The molecule has 3 rings (SSSR count). The lowest BCUT2D eigenvalue weighted by molar-refractivity contribution is -0.143. The van der Waals surface area contributed by atoms with Gasteiger partial charge in [0.2, 0.25) is 0 Å². The average molecular weight is 457 g/mol. The Hall–Kier alpha value is -2.42. The number of halogens is 3. The number of rotatable bonds is 6. The van der Waals surface area contributed by atoms with Crippen LogP contribution < -0.4 is 9.54 Å². The van der Waals surface area contributed by atoms with Gasteiger partial charge in [-0.2, -0.15) is 4.99 Å². The van der Waals surface area contributed by atoms with Crippen LogP contribution in [0.2, 0.25) is 10.0 Å². The zero-order chi connectivity index (χ0) is 21.0. The molecule has 152 valence electrons. The largest absolute Gasteiger partial charge is 0.482 e. The number of aromatic nitrogens is 1. The third-order valence-electron chi connectivity index (χ3n) is 3.70. The topological polar surface area (TPSA) is 69.9 Å². The van der Waals surface area contributed by atoms with Crippen LogP contribution >= 0.6 is 34.5 Å². The number of amides is 1. The summed E-state index contributed by atoms with van der Waals surface area (Å²) in [5.74, 6) is -1.23. The maximum absolute atomic E-state index is 13.6. The van der Waals surface area contributed by atoms with Crippen molar-refractivity contribution in [3.8, 4) is 5.75 Å². The predicted octanol–water partition coefficient (Wildman–Crippen LogP) is 4.22. The van der Waals surface area contributed by atoms with Crippen molar-refractivity contribution in [2.75, 3.05) is 13.2 Å². The molecule has 2 aromatic carbocycles. The van der Waals surface area contributed by atoms with Crippen molar-refractivity contribution in [2.45, 2.75) is 13.5 Å². The van der Waals surface area contributed by atoms with E-state index in [2.05, 4.69) is 4.99 Å². The Morgan fingerprint density at radius 3 is 2.72 bits per heavy atom. The molecule has 6 nitrogen and oxygen atoms in total. The fourth-order valence-electron chi connectivity index (χ4n) is 2.49. The van der Waals surface area contributed by atoms with Crippen LogP contribution in [0.4, 0.5) is 4.39 Å². The van der Waals surface area contributed by atoms with Gasteiger partial charge in [-0.05, 0) is 43.3 Å². The molecule has 0 aliphatic heterocycles. The Bertz CT molecular complexity index is 1140. The van der Waals surface area contributed by atoms with E-state index in [9.17, 15) is 14.0 Å². The monoisotopic (exact) mass is 456 g/mol. The van der Waals surface area contributed by atoms with Gasteiger partial charge in [-0.25, -0.2) is 4.39 Å². The quantitative estimate of drug-likeness (QED) is 0.520. The standard InChI is InChI=1S/C19H15Cl2FN2O4S/c1-2-27-18(26)9-24-14-5-4-12(22)8-16(14)29-19(24)23-17(25)10-28-15-6-3-11(20)7-13(15)21/h3-8H,2,9-10H2,1H3. The second-order valence-corrected chi connectivity index (χ2v) is 7.61. The van der Waals surface area contributed by atoms with Crippen molar-refractivity contribution in [3.05, 3.63) is 57.1 Å². The number of hydrogen-bond donors (Lipinski definition) is 0. The molecule has 1 aromatic heterocycles. The Balaban J connectivity index is 1.89. The first kappa shape index (κ1) is 21.3. The molecule has 0 aliphatic rings. The zero-order valence-corrected chi connectivity index (χ0v) is 17.5. The van der Waals surface area contributed by atoms with Crippen LogP contribution in [-0.2, 0) is 20.9 Å². The number of benzene rings is 2. The van der Waals surface area contributed by atoms with Gasteiger partial charge >= 0.3 is 5.97 Å². The highest BCUT2D eigenvalue weighted by atomic mass is 35.5. The van der Waals surface area contributed by atoms with Gasteiger partial charge in [0, 0.05) is 5.02 Å². The SMILES string of the molecule is CCOC(=O)Cn1c(=NC(=O)COc2ccc(Cl)cc2Cl)sc2cc(F)ccc21. The molecule has 0 saturated carbocycles. The molecular weight excluding hydrogens is 442 g/mol. The lowest BCUT2D eigenvalue weighted by Gasteiger charge is -2.06. The summed E-state index contributed by atoms with van der Waals surface area (Å²) in [5.41, 5.74) is 0.567. The Morgan fingerprint density at radius 1 is 1.21 bits per heavy atom. The summed E-state index contributed by atoms with van der Waals surface area (Å²) >= 11 is 12.9. The normalized spacial score (nSPS) is 11.7. The van der Waals surface area contributed by atoms with E-state index in [1.165, 1.54) is 28.8 Å². The highest BCUT2D eigenvalue weighted by Crippen LogP contribution is 2.27. The van der Waals surface area contributed by atoms with Gasteiger partial charge in [0.1, 0.15) is 18.1 Å².